The molecule has 0 aromatic heterocycles. The molecule has 0 aromatic rings. The number of unbranched alkanes of at least 4 members (excludes halogenated alkanes) is 3. The van der Waals surface area contributed by atoms with Crippen LogP contribution in [0.15, 0.2) is 0 Å². The van der Waals surface area contributed by atoms with Crippen molar-refractivity contribution in [3.63, 3.8) is 0 Å². The fraction of sp³-hybridized carbons (Fsp3) is 1.00. The summed E-state index contributed by atoms with van der Waals surface area (Å²) in [5, 5.41) is 8.56. The van der Waals surface area contributed by atoms with E-state index in [1.807, 2.05) is 0 Å². The highest BCUT2D eigenvalue weighted by atomic mass is 28.3. The van der Waals surface area contributed by atoms with Crippen molar-refractivity contribution in [2.24, 2.45) is 5.73 Å². The van der Waals surface area contributed by atoms with E-state index in [9.17, 15) is 0 Å². The summed E-state index contributed by atoms with van der Waals surface area (Å²) in [7, 11) is -1.02. The van der Waals surface area contributed by atoms with Crippen LogP contribution in [0.2, 0.25) is 19.1 Å². The van der Waals surface area contributed by atoms with Gasteiger partial charge in [0, 0.05) is 6.61 Å². The smallest absolute Gasteiger partial charge is 0.0623 e. The Hall–Kier alpha value is 0.137. The molecular formula is C9H23NOSi. The second kappa shape index (κ2) is 6.63. The van der Waals surface area contributed by atoms with E-state index < -0.39 is 8.07 Å². The van der Waals surface area contributed by atoms with Crippen LogP contribution < -0.4 is 5.73 Å². The second-order valence-electron chi connectivity index (χ2n) is 4.26. The first-order chi connectivity index (χ1) is 5.62. The number of rotatable bonds is 7. The second-order valence-corrected chi connectivity index (χ2v) is 9.49. The van der Waals surface area contributed by atoms with Gasteiger partial charge in [0.25, 0.3) is 0 Å². The Morgan fingerprint density at radius 1 is 1.08 bits per heavy atom. The van der Waals surface area contributed by atoms with Crippen molar-refractivity contribution in [2.45, 2.75) is 44.8 Å². The fourth-order valence-electron chi connectivity index (χ4n) is 1.17. The van der Waals surface area contributed by atoms with Crippen LogP contribution >= 0.6 is 0 Å². The van der Waals surface area contributed by atoms with E-state index in [-0.39, 0.29) is 0 Å². The van der Waals surface area contributed by atoms with Crippen LogP contribution in [-0.4, -0.2) is 26.0 Å². The predicted molar refractivity (Wildman–Crippen MR) is 56.9 cm³/mol. The minimum atomic E-state index is -1.02. The molecule has 0 aliphatic rings. The van der Waals surface area contributed by atoms with Gasteiger partial charge < -0.3 is 10.8 Å². The van der Waals surface area contributed by atoms with E-state index in [0.717, 1.165) is 12.6 Å². The first-order valence-corrected chi connectivity index (χ1v) is 8.35. The van der Waals surface area contributed by atoms with Crippen molar-refractivity contribution >= 4 is 8.07 Å². The van der Waals surface area contributed by atoms with Crippen LogP contribution in [0.4, 0.5) is 0 Å². The molecule has 0 aliphatic carbocycles. The Balaban J connectivity index is 3.19. The summed E-state index contributed by atoms with van der Waals surface area (Å²) in [6, 6.07) is 1.34. The zero-order chi connectivity index (χ0) is 9.45. The van der Waals surface area contributed by atoms with Gasteiger partial charge in [0.1, 0.15) is 0 Å². The molecule has 0 aromatic carbocycles. The lowest BCUT2D eigenvalue weighted by atomic mass is 10.2. The summed E-state index contributed by atoms with van der Waals surface area (Å²) < 4.78 is 0. The van der Waals surface area contributed by atoms with Crippen LogP contribution in [0.25, 0.3) is 0 Å². The molecule has 0 saturated heterocycles. The van der Waals surface area contributed by atoms with E-state index in [1.54, 1.807) is 0 Å². The number of aliphatic hydroxyl groups excluding tert-OH is 1. The summed E-state index contributed by atoms with van der Waals surface area (Å²) in [4.78, 5) is 0. The SMILES string of the molecule is C[Si](C)(CN)CCCCCCO. The van der Waals surface area contributed by atoms with Crippen molar-refractivity contribution in [1.29, 1.82) is 0 Å². The minimum Gasteiger partial charge on any atom is -0.396 e. The lowest BCUT2D eigenvalue weighted by Crippen LogP contribution is -2.35. The van der Waals surface area contributed by atoms with Gasteiger partial charge in [-0.15, -0.1) is 0 Å². The van der Waals surface area contributed by atoms with E-state index in [2.05, 4.69) is 13.1 Å². The average Bonchev–Trinajstić information content (AvgIpc) is 2.04. The van der Waals surface area contributed by atoms with Crippen LogP contribution in [0, 0.1) is 0 Å². The summed E-state index contributed by atoms with van der Waals surface area (Å²) in [6.45, 7) is 5.04. The van der Waals surface area contributed by atoms with Gasteiger partial charge in [-0.05, 0) is 12.6 Å². The summed E-state index contributed by atoms with van der Waals surface area (Å²) in [5.41, 5.74) is 5.67. The maximum absolute atomic E-state index is 8.56. The molecule has 0 rings (SSSR count). The van der Waals surface area contributed by atoms with Crippen LogP contribution in [0.5, 0.6) is 0 Å². The number of nitrogens with two attached hydrogens (primary N) is 1. The van der Waals surface area contributed by atoms with Crippen molar-refractivity contribution in [2.75, 3.05) is 12.8 Å². The highest BCUT2D eigenvalue weighted by molar-refractivity contribution is 6.77. The van der Waals surface area contributed by atoms with Gasteiger partial charge in [-0.3, -0.25) is 0 Å². The van der Waals surface area contributed by atoms with Crippen LogP contribution in [0.3, 0.4) is 0 Å². The van der Waals surface area contributed by atoms with Crippen LogP contribution in [-0.2, 0) is 0 Å². The van der Waals surface area contributed by atoms with E-state index in [4.69, 9.17) is 10.8 Å². The minimum absolute atomic E-state index is 0.345. The lowest BCUT2D eigenvalue weighted by molar-refractivity contribution is 0.283. The molecule has 3 heteroatoms. The van der Waals surface area contributed by atoms with Crippen molar-refractivity contribution in [3.8, 4) is 0 Å². The van der Waals surface area contributed by atoms with Crippen molar-refractivity contribution in [1.82, 2.24) is 0 Å². The molecule has 0 atom stereocenters. The molecule has 2 nitrogen and oxygen atoms in total. The topological polar surface area (TPSA) is 46.2 Å². The first kappa shape index (κ1) is 12.1. The normalized spacial score (nSPS) is 12.0. The van der Waals surface area contributed by atoms with E-state index in [0.29, 0.717) is 6.61 Å². The zero-order valence-electron chi connectivity index (χ0n) is 8.47. The fourth-order valence-corrected chi connectivity index (χ4v) is 2.58. The highest BCUT2D eigenvalue weighted by Crippen LogP contribution is 2.13. The van der Waals surface area contributed by atoms with Gasteiger partial charge in [-0.1, -0.05) is 38.4 Å². The Morgan fingerprint density at radius 2 is 1.67 bits per heavy atom. The summed E-state index contributed by atoms with van der Waals surface area (Å²) in [5.74, 6) is 0. The Bertz CT molecular complexity index is 107. The molecule has 0 aliphatic heterocycles. The molecule has 0 amide bonds. The van der Waals surface area contributed by atoms with Gasteiger partial charge in [0.15, 0.2) is 0 Å². The largest absolute Gasteiger partial charge is 0.396 e. The molecular weight excluding hydrogens is 166 g/mol. The Morgan fingerprint density at radius 3 is 2.17 bits per heavy atom. The first-order valence-electron chi connectivity index (χ1n) is 4.93. The zero-order valence-corrected chi connectivity index (χ0v) is 9.47. The third kappa shape index (κ3) is 6.82. The van der Waals surface area contributed by atoms with Gasteiger partial charge >= 0.3 is 0 Å². The molecule has 0 unspecified atom stereocenters. The third-order valence-electron chi connectivity index (χ3n) is 2.31. The molecule has 74 valence electrons. The summed E-state index contributed by atoms with van der Waals surface area (Å²) in [6.07, 6.45) is 5.61. The van der Waals surface area contributed by atoms with Crippen molar-refractivity contribution in [3.05, 3.63) is 0 Å². The average molecular weight is 189 g/mol. The van der Waals surface area contributed by atoms with Gasteiger partial charge in [-0.25, -0.2) is 0 Å². The molecule has 0 radical (unpaired) electrons. The molecule has 3 N–H and O–H groups in total. The molecule has 0 fully saturated rings. The number of aliphatic hydroxyl groups is 1. The highest BCUT2D eigenvalue weighted by Gasteiger charge is 2.16. The Kier molecular flexibility index (Phi) is 6.71. The van der Waals surface area contributed by atoms with E-state index in [1.165, 1.54) is 25.3 Å². The third-order valence-corrected chi connectivity index (χ3v) is 5.13. The monoisotopic (exact) mass is 189 g/mol. The van der Waals surface area contributed by atoms with Gasteiger partial charge in [0.2, 0.25) is 0 Å². The Labute approximate surface area is 77.2 Å². The maximum Gasteiger partial charge on any atom is 0.0623 e. The standard InChI is InChI=1S/C9H23NOSi/c1-12(2,9-10)8-6-4-3-5-7-11/h11H,3-10H2,1-2H3. The summed E-state index contributed by atoms with van der Waals surface area (Å²) >= 11 is 0. The van der Waals surface area contributed by atoms with Crippen molar-refractivity contribution < 1.29 is 5.11 Å². The molecule has 0 saturated carbocycles. The number of hydrogen-bond donors (Lipinski definition) is 2. The van der Waals surface area contributed by atoms with Gasteiger partial charge in [-0.2, -0.15) is 0 Å². The van der Waals surface area contributed by atoms with Gasteiger partial charge in [0.05, 0.1) is 8.07 Å². The lowest BCUT2D eigenvalue weighted by Gasteiger charge is -2.19. The van der Waals surface area contributed by atoms with E-state index >= 15 is 0 Å². The molecule has 0 spiro atoms. The molecule has 0 bridgehead atoms. The number of hydrogen-bond acceptors (Lipinski definition) is 2. The predicted octanol–water partition coefficient (Wildman–Crippen LogP) is 1.75. The molecule has 12 heavy (non-hydrogen) atoms. The maximum atomic E-state index is 8.56. The molecule has 0 heterocycles. The van der Waals surface area contributed by atoms with Crippen LogP contribution in [0.1, 0.15) is 25.7 Å². The quantitative estimate of drug-likeness (QED) is 0.473.